The summed E-state index contributed by atoms with van der Waals surface area (Å²) in [5.74, 6) is 1.49. The van der Waals surface area contributed by atoms with Gasteiger partial charge in [0.1, 0.15) is 0 Å². The van der Waals surface area contributed by atoms with E-state index in [1.807, 2.05) is 0 Å². The van der Waals surface area contributed by atoms with Crippen molar-refractivity contribution in [1.82, 2.24) is 30.2 Å². The lowest BCUT2D eigenvalue weighted by atomic mass is 9.93. The van der Waals surface area contributed by atoms with Gasteiger partial charge >= 0.3 is 23.9 Å². The van der Waals surface area contributed by atoms with Crippen molar-refractivity contribution in [2.24, 2.45) is 23.7 Å². The van der Waals surface area contributed by atoms with Gasteiger partial charge < -0.3 is 49.2 Å². The molecule has 0 fully saturated rings. The Morgan fingerprint density at radius 1 is 0.206 bits per heavy atom. The first-order chi connectivity index (χ1) is 66.7. The lowest BCUT2D eigenvalue weighted by molar-refractivity contribution is -0.150. The number of ether oxygens (including phenoxy) is 4. The van der Waals surface area contributed by atoms with Crippen LogP contribution in [-0.4, -0.2) is 174 Å². The van der Waals surface area contributed by atoms with Crippen LogP contribution in [0.3, 0.4) is 0 Å². The minimum Gasteiger partial charge on any atom is -0.465 e. The summed E-state index contributed by atoms with van der Waals surface area (Å²) in [6.45, 7) is 32.1. The Hall–Kier alpha value is -3.34. The van der Waals surface area contributed by atoms with Gasteiger partial charge in [-0.15, -0.1) is 0 Å². The first-order valence-corrected chi connectivity index (χ1v) is 60.7. The molecular formula is C120H236N6O10. The van der Waals surface area contributed by atoms with E-state index in [9.17, 15) is 28.8 Å². The molecule has 0 bridgehead atoms. The van der Waals surface area contributed by atoms with Gasteiger partial charge in [-0.25, -0.2) is 0 Å². The Kier molecular flexibility index (Phi) is 105. The van der Waals surface area contributed by atoms with Crippen molar-refractivity contribution < 1.29 is 47.7 Å². The lowest BCUT2D eigenvalue weighted by Crippen LogP contribution is -2.36. The van der Waals surface area contributed by atoms with Crippen LogP contribution in [0.5, 0.6) is 0 Å². The monoisotopic (exact) mass is 1920 g/mol. The van der Waals surface area contributed by atoms with Gasteiger partial charge in [0.05, 0.1) is 38.3 Å². The number of unbranched alkanes of at least 4 members (excludes halogenated alkanes) is 58. The van der Waals surface area contributed by atoms with E-state index in [4.69, 9.17) is 18.9 Å². The van der Waals surface area contributed by atoms with Crippen LogP contribution in [0.1, 0.15) is 595 Å². The highest BCUT2D eigenvalue weighted by Gasteiger charge is 2.23. The maximum Gasteiger partial charge on any atom is 0.308 e. The number of carbonyl (C=O) groups is 6. The van der Waals surface area contributed by atoms with Crippen molar-refractivity contribution in [3.8, 4) is 0 Å². The molecule has 2 N–H and O–H groups in total. The topological polar surface area (TPSA) is 176 Å². The van der Waals surface area contributed by atoms with Crippen molar-refractivity contribution >= 4 is 35.7 Å². The number of rotatable bonds is 113. The smallest absolute Gasteiger partial charge is 0.308 e. The molecule has 0 spiro atoms. The average molecular weight is 1920 g/mol. The molecule has 4 unspecified atom stereocenters. The second-order valence-corrected chi connectivity index (χ2v) is 42.8. The second-order valence-electron chi connectivity index (χ2n) is 42.8. The van der Waals surface area contributed by atoms with E-state index in [-0.39, 0.29) is 47.5 Å². The van der Waals surface area contributed by atoms with Gasteiger partial charge in [-0.3, -0.25) is 28.8 Å². The maximum atomic E-state index is 13.8. The van der Waals surface area contributed by atoms with Gasteiger partial charge in [-0.2, -0.15) is 0 Å². The van der Waals surface area contributed by atoms with Crippen molar-refractivity contribution in [3.63, 3.8) is 0 Å². The van der Waals surface area contributed by atoms with E-state index in [2.05, 4.69) is 99.7 Å². The Morgan fingerprint density at radius 2 is 0.441 bits per heavy atom. The molecule has 0 aromatic rings. The molecule has 16 heteroatoms. The Labute approximate surface area is 846 Å². The molecule has 0 aromatic heterocycles. The summed E-state index contributed by atoms with van der Waals surface area (Å²) in [5.41, 5.74) is 0. The molecule has 806 valence electrons. The molecule has 136 heavy (non-hydrogen) atoms. The Morgan fingerprint density at radius 3 is 0.765 bits per heavy atom. The van der Waals surface area contributed by atoms with Crippen LogP contribution < -0.4 is 10.6 Å². The number of nitrogens with one attached hydrogen (secondary N) is 2. The Bertz CT molecular complexity index is 2510. The molecule has 16 nitrogen and oxygen atoms in total. The third kappa shape index (κ3) is 95.5. The van der Waals surface area contributed by atoms with E-state index in [0.717, 1.165) is 245 Å². The fraction of sp³-hybridized carbons (Fsp3) is 0.950. The van der Waals surface area contributed by atoms with Crippen LogP contribution in [0.4, 0.5) is 0 Å². The van der Waals surface area contributed by atoms with Gasteiger partial charge in [0.15, 0.2) is 0 Å². The largest absolute Gasteiger partial charge is 0.465 e. The lowest BCUT2D eigenvalue weighted by Gasteiger charge is -2.25. The summed E-state index contributed by atoms with van der Waals surface area (Å²) in [6, 6.07) is 0. The summed E-state index contributed by atoms with van der Waals surface area (Å²) in [5, 5.41) is 6.37. The molecule has 0 saturated heterocycles. The highest BCUT2D eigenvalue weighted by Crippen LogP contribution is 2.27. The number of nitrogens with zero attached hydrogens (tertiary/aromatic N) is 4. The van der Waals surface area contributed by atoms with Crippen LogP contribution >= 0.6 is 0 Å². The molecule has 0 aliphatic heterocycles. The third-order valence-corrected chi connectivity index (χ3v) is 29.3. The summed E-state index contributed by atoms with van der Waals surface area (Å²) in [4.78, 5) is 88.7. The number of carbonyl (C=O) groups excluding carboxylic acids is 6. The molecule has 2 amide bonds. The molecule has 0 aliphatic carbocycles. The highest BCUT2D eigenvalue weighted by molar-refractivity contribution is 5.76. The first kappa shape index (κ1) is 133. The van der Waals surface area contributed by atoms with Crippen molar-refractivity contribution in [2.45, 2.75) is 595 Å². The number of hydrogen-bond acceptors (Lipinski definition) is 14. The molecule has 0 saturated carbocycles. The summed E-state index contributed by atoms with van der Waals surface area (Å²) < 4.78 is 24.0. The molecule has 0 heterocycles. The molecule has 0 radical (unpaired) electrons. The molecule has 4 atom stereocenters. The van der Waals surface area contributed by atoms with Crippen LogP contribution in [-0.2, 0) is 47.7 Å². The van der Waals surface area contributed by atoms with E-state index in [0.29, 0.717) is 63.9 Å². The predicted octanol–water partition coefficient (Wildman–Crippen LogP) is 33.3. The van der Waals surface area contributed by atoms with Crippen molar-refractivity contribution in [1.29, 1.82) is 0 Å². The van der Waals surface area contributed by atoms with E-state index in [1.54, 1.807) is 0 Å². The van der Waals surface area contributed by atoms with Crippen LogP contribution in [0.15, 0.2) is 0 Å². The maximum absolute atomic E-state index is 13.8. The summed E-state index contributed by atoms with van der Waals surface area (Å²) >= 11 is 0. The van der Waals surface area contributed by atoms with Gasteiger partial charge in [0.25, 0.3) is 0 Å². The van der Waals surface area contributed by atoms with Gasteiger partial charge in [-0.1, -0.05) is 441 Å². The zero-order chi connectivity index (χ0) is 99.0. The van der Waals surface area contributed by atoms with E-state index in [1.165, 1.54) is 347 Å². The fourth-order valence-electron chi connectivity index (χ4n) is 19.6. The minimum absolute atomic E-state index is 0.00166. The SMILES string of the molecule is CCCCCCCCCCNC(=O)CCCCN(C)CCN(CCCCCCCCC(=O)OCC(CCCC)CCCCCC)CCCCCCCCC(=O)OCC(CCCCCC)CCCCCCCCCCC(CCCCCCCC)C(=O)OCCCCCCN(CCCCCCOC(=O)C(CCCCCC)CCCCCCCC)CCN(C)CCC(=O)NCCCCCCCCCC. The summed E-state index contributed by atoms with van der Waals surface area (Å²) in [6.07, 6.45) is 97.2. The molecule has 0 aromatic carbocycles. The van der Waals surface area contributed by atoms with Crippen molar-refractivity contribution in [2.75, 3.05) is 119 Å². The summed E-state index contributed by atoms with van der Waals surface area (Å²) in [7, 11) is 4.41. The van der Waals surface area contributed by atoms with E-state index < -0.39 is 0 Å². The fourth-order valence-corrected chi connectivity index (χ4v) is 19.6. The molecule has 0 rings (SSSR count). The third-order valence-electron chi connectivity index (χ3n) is 29.3. The van der Waals surface area contributed by atoms with Gasteiger partial charge in [0, 0.05) is 71.5 Å². The average Bonchev–Trinajstić information content (AvgIpc) is 0.946. The number of esters is 4. The van der Waals surface area contributed by atoms with Crippen molar-refractivity contribution in [3.05, 3.63) is 0 Å². The predicted molar refractivity (Wildman–Crippen MR) is 585 cm³/mol. The normalized spacial score (nSPS) is 12.7. The number of hydrogen-bond donors (Lipinski definition) is 2. The zero-order valence-corrected chi connectivity index (χ0v) is 92.9. The van der Waals surface area contributed by atoms with Gasteiger partial charge in [-0.05, 0) is 187 Å². The second kappa shape index (κ2) is 107. The minimum atomic E-state index is -0.00762. The number of amides is 2. The van der Waals surface area contributed by atoms with Gasteiger partial charge in [0.2, 0.25) is 11.8 Å². The van der Waals surface area contributed by atoms with Crippen LogP contribution in [0, 0.1) is 23.7 Å². The van der Waals surface area contributed by atoms with Crippen LogP contribution in [0.2, 0.25) is 0 Å². The quantitative estimate of drug-likeness (QED) is 0.0334. The zero-order valence-electron chi connectivity index (χ0n) is 92.9. The molecular weight excluding hydrogens is 1690 g/mol. The molecule has 0 aliphatic rings. The van der Waals surface area contributed by atoms with E-state index >= 15 is 0 Å². The first-order valence-electron chi connectivity index (χ1n) is 60.7. The van der Waals surface area contributed by atoms with Crippen LogP contribution in [0.25, 0.3) is 0 Å². The standard InChI is InChI=1S/C120H236N6O10/c1-11-19-27-34-38-46-56-74-95-121-115(127)91-73-80-97-123(9)103-105-125(98-76-58-48-44-54-71-92-117(129)135-109-111(83-26-18-8)84-64-31-23-15-5)99-77-59-49-45-55-72-93-118(130)136-110-112(85-65-32-24-16-6)86-66-50-42-40-41-43-53-70-90-114(89-69-52-37-30-22-14-4)120(132)134-108-82-63-61-79-101-126(106-104-124(10)102-94-116(128)122-96-75-57-47-39-35-28-20-12-2)100-78-60-62-81-107-133-119(131)113(87-67-33-25-17-7)88-68-51-36-29-21-13-3/h111-114H,11-110H2,1-10H3,(H,121,127)(H,122,128). The Balaban J connectivity index is 5.22. The highest BCUT2D eigenvalue weighted by atomic mass is 16.5. The number of likely N-dealkylation sites (N-methyl/N-ethyl adjacent to an activating group) is 2.